The number of hydrogen-bond acceptors (Lipinski definition) is 5. The maximum Gasteiger partial charge on any atom is 0.172 e. The van der Waals surface area contributed by atoms with E-state index in [4.69, 9.17) is 9.97 Å². The number of nitrogens with one attached hydrogen (secondary N) is 1. The van der Waals surface area contributed by atoms with Gasteiger partial charge in [0.2, 0.25) is 0 Å². The molecule has 2 aliphatic rings. The van der Waals surface area contributed by atoms with Crippen LogP contribution in [-0.4, -0.2) is 41.0 Å². The van der Waals surface area contributed by atoms with Gasteiger partial charge in [0.25, 0.3) is 0 Å². The minimum Gasteiger partial charge on any atom is -0.365 e. The van der Waals surface area contributed by atoms with E-state index in [0.29, 0.717) is 6.04 Å². The van der Waals surface area contributed by atoms with Crippen LogP contribution in [0.3, 0.4) is 0 Å². The summed E-state index contributed by atoms with van der Waals surface area (Å²) in [7, 11) is 0. The molecule has 0 saturated carbocycles. The molecule has 3 heterocycles. The number of fused-ring (bicyclic) bond motifs is 6. The van der Waals surface area contributed by atoms with Crippen LogP contribution in [0.15, 0.2) is 42.5 Å². The first-order chi connectivity index (χ1) is 13.8. The maximum absolute atomic E-state index is 5.08. The second kappa shape index (κ2) is 7.06. The molecule has 5 nitrogen and oxygen atoms in total. The highest BCUT2D eigenvalue weighted by atomic mass is 15.3. The van der Waals surface area contributed by atoms with Gasteiger partial charge in [-0.25, -0.2) is 9.97 Å². The molecule has 0 saturated heterocycles. The summed E-state index contributed by atoms with van der Waals surface area (Å²) in [5, 5.41) is 3.54. The van der Waals surface area contributed by atoms with E-state index < -0.39 is 0 Å². The normalized spacial score (nSPS) is 17.8. The van der Waals surface area contributed by atoms with E-state index in [1.54, 1.807) is 0 Å². The van der Waals surface area contributed by atoms with Gasteiger partial charge in [-0.3, -0.25) is 4.90 Å². The van der Waals surface area contributed by atoms with Crippen molar-refractivity contribution in [3.8, 4) is 0 Å². The zero-order valence-electron chi connectivity index (χ0n) is 16.7. The van der Waals surface area contributed by atoms with E-state index in [1.807, 2.05) is 0 Å². The number of benzene rings is 2. The summed E-state index contributed by atoms with van der Waals surface area (Å²) < 4.78 is 0. The van der Waals surface area contributed by atoms with E-state index >= 15 is 0 Å². The SMILES string of the molecule is CCN(CC)Cc1ccc2nc3c(nc2c1)N1CCc2ccccc2C1CN3. The van der Waals surface area contributed by atoms with Crippen LogP contribution in [0.1, 0.15) is 36.6 Å². The summed E-state index contributed by atoms with van der Waals surface area (Å²) in [6.07, 6.45) is 1.06. The highest BCUT2D eigenvalue weighted by Gasteiger charge is 2.33. The predicted octanol–water partition coefficient (Wildman–Crippen LogP) is 4.00. The summed E-state index contributed by atoms with van der Waals surface area (Å²) in [5.41, 5.74) is 6.14. The van der Waals surface area contributed by atoms with Gasteiger partial charge in [0.05, 0.1) is 17.1 Å². The van der Waals surface area contributed by atoms with Crippen LogP contribution in [0.5, 0.6) is 0 Å². The monoisotopic (exact) mass is 373 g/mol. The first-order valence-corrected chi connectivity index (χ1v) is 10.4. The van der Waals surface area contributed by atoms with E-state index in [0.717, 1.165) is 61.8 Å². The minimum absolute atomic E-state index is 0.336. The Morgan fingerprint density at radius 2 is 1.93 bits per heavy atom. The molecular formula is C23H27N5. The Bertz CT molecular complexity index is 1010. The van der Waals surface area contributed by atoms with Crippen molar-refractivity contribution in [2.24, 2.45) is 0 Å². The Kier molecular flexibility index (Phi) is 4.40. The van der Waals surface area contributed by atoms with Gasteiger partial charge in [-0.1, -0.05) is 44.2 Å². The molecule has 2 aliphatic heterocycles. The molecule has 0 spiro atoms. The fraction of sp³-hybridized carbons (Fsp3) is 0.391. The Balaban J connectivity index is 1.53. The van der Waals surface area contributed by atoms with Crippen LogP contribution < -0.4 is 10.2 Å². The smallest absolute Gasteiger partial charge is 0.172 e. The van der Waals surface area contributed by atoms with Crippen molar-refractivity contribution >= 4 is 22.7 Å². The number of anilines is 2. The Labute approximate surface area is 166 Å². The average molecular weight is 374 g/mol. The Hall–Kier alpha value is -2.66. The molecule has 0 amide bonds. The molecule has 1 unspecified atom stereocenters. The maximum atomic E-state index is 5.08. The zero-order chi connectivity index (χ0) is 19.1. The van der Waals surface area contributed by atoms with Crippen molar-refractivity contribution in [2.75, 3.05) is 36.4 Å². The quantitative estimate of drug-likeness (QED) is 0.749. The summed E-state index contributed by atoms with van der Waals surface area (Å²) in [5.74, 6) is 1.91. The van der Waals surface area contributed by atoms with E-state index in [-0.39, 0.29) is 0 Å². The van der Waals surface area contributed by atoms with Crippen LogP contribution in [-0.2, 0) is 13.0 Å². The van der Waals surface area contributed by atoms with Gasteiger partial charge in [0.15, 0.2) is 11.6 Å². The predicted molar refractivity (Wildman–Crippen MR) is 115 cm³/mol. The first-order valence-electron chi connectivity index (χ1n) is 10.4. The molecule has 0 bridgehead atoms. The topological polar surface area (TPSA) is 44.3 Å². The Morgan fingerprint density at radius 1 is 1.07 bits per heavy atom. The molecule has 0 fully saturated rings. The van der Waals surface area contributed by atoms with Crippen molar-refractivity contribution in [3.63, 3.8) is 0 Å². The standard InChI is InChI=1S/C23H27N5/c1-3-27(4-2)15-16-9-10-19-20(13-16)26-23-22(25-19)24-14-21-18-8-6-5-7-17(18)11-12-28(21)23/h5-10,13,21H,3-4,11-12,14-15H2,1-2H3,(H,24,25). The first kappa shape index (κ1) is 17.4. The van der Waals surface area contributed by atoms with Gasteiger partial charge in [0.1, 0.15) is 0 Å². The zero-order valence-corrected chi connectivity index (χ0v) is 16.7. The highest BCUT2D eigenvalue weighted by Crippen LogP contribution is 2.39. The third kappa shape index (κ3) is 2.90. The lowest BCUT2D eigenvalue weighted by atomic mass is 9.91. The summed E-state index contributed by atoms with van der Waals surface area (Å²) in [6, 6.07) is 15.6. The molecule has 144 valence electrons. The number of rotatable bonds is 4. The number of aromatic nitrogens is 2. The van der Waals surface area contributed by atoms with Crippen molar-refractivity contribution in [2.45, 2.75) is 32.9 Å². The number of hydrogen-bond donors (Lipinski definition) is 1. The average Bonchev–Trinajstić information content (AvgIpc) is 2.75. The lowest BCUT2D eigenvalue weighted by molar-refractivity contribution is 0.296. The lowest BCUT2D eigenvalue weighted by Crippen LogP contribution is -2.43. The van der Waals surface area contributed by atoms with Crippen LogP contribution in [0.2, 0.25) is 0 Å². The second-order valence-corrected chi connectivity index (χ2v) is 7.72. The van der Waals surface area contributed by atoms with Crippen LogP contribution in [0.4, 0.5) is 11.6 Å². The summed E-state index contributed by atoms with van der Waals surface area (Å²) in [6.45, 7) is 9.37. The van der Waals surface area contributed by atoms with Crippen LogP contribution in [0.25, 0.3) is 11.0 Å². The van der Waals surface area contributed by atoms with Crippen molar-refractivity contribution < 1.29 is 0 Å². The van der Waals surface area contributed by atoms with E-state index in [2.05, 4.69) is 71.4 Å². The molecule has 28 heavy (non-hydrogen) atoms. The molecule has 1 atom stereocenters. The van der Waals surface area contributed by atoms with Gasteiger partial charge in [-0.2, -0.15) is 0 Å². The van der Waals surface area contributed by atoms with Gasteiger partial charge in [-0.05, 0) is 48.3 Å². The van der Waals surface area contributed by atoms with E-state index in [9.17, 15) is 0 Å². The minimum atomic E-state index is 0.336. The van der Waals surface area contributed by atoms with Crippen molar-refractivity contribution in [3.05, 3.63) is 59.2 Å². The molecule has 1 aromatic heterocycles. The second-order valence-electron chi connectivity index (χ2n) is 7.72. The molecular weight excluding hydrogens is 346 g/mol. The van der Waals surface area contributed by atoms with Crippen LogP contribution in [0, 0.1) is 0 Å². The highest BCUT2D eigenvalue weighted by molar-refractivity contribution is 5.82. The molecule has 0 aliphatic carbocycles. The third-order valence-electron chi connectivity index (χ3n) is 6.16. The van der Waals surface area contributed by atoms with Gasteiger partial charge >= 0.3 is 0 Å². The van der Waals surface area contributed by atoms with Crippen molar-refractivity contribution in [1.29, 1.82) is 0 Å². The fourth-order valence-electron chi connectivity index (χ4n) is 4.53. The summed E-state index contributed by atoms with van der Waals surface area (Å²) in [4.78, 5) is 14.8. The Morgan fingerprint density at radius 3 is 2.79 bits per heavy atom. The van der Waals surface area contributed by atoms with E-state index in [1.165, 1.54) is 16.7 Å². The summed E-state index contributed by atoms with van der Waals surface area (Å²) >= 11 is 0. The molecule has 3 aromatic rings. The largest absolute Gasteiger partial charge is 0.365 e. The fourth-order valence-corrected chi connectivity index (χ4v) is 4.53. The van der Waals surface area contributed by atoms with Gasteiger partial charge < -0.3 is 10.2 Å². The van der Waals surface area contributed by atoms with Gasteiger partial charge in [-0.15, -0.1) is 0 Å². The van der Waals surface area contributed by atoms with Gasteiger partial charge in [0, 0.05) is 19.6 Å². The third-order valence-corrected chi connectivity index (χ3v) is 6.16. The van der Waals surface area contributed by atoms with Crippen molar-refractivity contribution in [1.82, 2.24) is 14.9 Å². The molecule has 5 rings (SSSR count). The molecule has 1 N–H and O–H groups in total. The lowest BCUT2D eigenvalue weighted by Gasteiger charge is -2.42. The number of nitrogens with zero attached hydrogens (tertiary/aromatic N) is 4. The molecule has 5 heteroatoms. The molecule has 0 radical (unpaired) electrons. The van der Waals surface area contributed by atoms with Crippen LogP contribution >= 0.6 is 0 Å². The molecule has 2 aromatic carbocycles.